The molecule has 2 aromatic rings. The summed E-state index contributed by atoms with van der Waals surface area (Å²) < 4.78 is 5.39. The molecule has 0 bridgehead atoms. The van der Waals surface area contributed by atoms with E-state index >= 15 is 0 Å². The minimum Gasteiger partial charge on any atom is -0.494 e. The third kappa shape index (κ3) is 5.07. The largest absolute Gasteiger partial charge is 0.494 e. The molecule has 7 heteroatoms. The maximum atomic E-state index is 12.1. The zero-order valence-electron chi connectivity index (χ0n) is 14.6. The fourth-order valence-electron chi connectivity index (χ4n) is 2.58. The number of hydrogen-bond donors (Lipinski definition) is 3. The monoisotopic (exact) mass is 345 g/mol. The van der Waals surface area contributed by atoms with Crippen molar-refractivity contribution in [3.05, 3.63) is 61.9 Å². The second-order valence-corrected chi connectivity index (χ2v) is 5.80. The normalized spacial score (nSPS) is 11.8. The van der Waals surface area contributed by atoms with Crippen LogP contribution in [-0.2, 0) is 11.2 Å². The zero-order valence-corrected chi connectivity index (χ0v) is 14.6. The third-order valence-electron chi connectivity index (χ3n) is 3.93. The molecule has 0 fully saturated rings. The average molecular weight is 345 g/mol. The number of carbonyl (C=O) groups is 1. The lowest BCUT2D eigenvalue weighted by Gasteiger charge is -2.15. The van der Waals surface area contributed by atoms with Crippen LogP contribution in [-0.4, -0.2) is 22.5 Å². The van der Waals surface area contributed by atoms with E-state index in [1.54, 1.807) is 6.92 Å². The number of carbonyl (C=O) groups excluding carboxylic acids is 1. The second-order valence-electron chi connectivity index (χ2n) is 5.80. The quantitative estimate of drug-likeness (QED) is 0.708. The van der Waals surface area contributed by atoms with Crippen LogP contribution in [0.5, 0.6) is 5.75 Å². The van der Waals surface area contributed by atoms with Gasteiger partial charge in [0.1, 0.15) is 5.75 Å². The molecule has 2 rings (SSSR count). The predicted octanol–water partition coefficient (Wildman–Crippen LogP) is 1.58. The van der Waals surface area contributed by atoms with Crippen LogP contribution in [0.25, 0.3) is 0 Å². The van der Waals surface area contributed by atoms with Gasteiger partial charge in [-0.15, -0.1) is 0 Å². The number of rotatable bonds is 7. The summed E-state index contributed by atoms with van der Waals surface area (Å²) in [5.41, 5.74) is 0.882. The van der Waals surface area contributed by atoms with Gasteiger partial charge in [-0.3, -0.25) is 14.6 Å². The molecule has 0 saturated carbocycles. The number of ether oxygens (including phenoxy) is 1. The molecular formula is C18H23N3O4. The predicted molar refractivity (Wildman–Crippen MR) is 94.9 cm³/mol. The average Bonchev–Trinajstić information content (AvgIpc) is 2.54. The van der Waals surface area contributed by atoms with E-state index in [1.165, 1.54) is 0 Å². The number of hydrogen-bond acceptors (Lipinski definition) is 4. The molecule has 3 N–H and O–H groups in total. The van der Waals surface area contributed by atoms with E-state index in [4.69, 9.17) is 4.74 Å². The molecule has 0 spiro atoms. The Bertz CT molecular complexity index is 837. The molecule has 0 aliphatic heterocycles. The Labute approximate surface area is 145 Å². The van der Waals surface area contributed by atoms with Crippen molar-refractivity contribution in [3.8, 4) is 5.75 Å². The molecule has 0 unspecified atom stereocenters. The minimum atomic E-state index is -0.542. The summed E-state index contributed by atoms with van der Waals surface area (Å²) >= 11 is 0. The fourth-order valence-corrected chi connectivity index (χ4v) is 2.58. The van der Waals surface area contributed by atoms with Crippen LogP contribution >= 0.6 is 0 Å². The Balaban J connectivity index is 1.93. The number of aromatic amines is 2. The summed E-state index contributed by atoms with van der Waals surface area (Å²) in [4.78, 5) is 39.8. The Kier molecular flexibility index (Phi) is 6.16. The van der Waals surface area contributed by atoms with Crippen LogP contribution in [0.3, 0.4) is 0 Å². The highest BCUT2D eigenvalue weighted by molar-refractivity contribution is 5.76. The molecule has 1 amide bonds. The molecule has 0 radical (unpaired) electrons. The zero-order chi connectivity index (χ0) is 18.4. The Hall–Kier alpha value is -2.83. The lowest BCUT2D eigenvalue weighted by Crippen LogP contribution is -2.30. The number of amides is 1. The number of benzene rings is 1. The van der Waals surface area contributed by atoms with E-state index in [0.29, 0.717) is 17.9 Å². The van der Waals surface area contributed by atoms with Crippen molar-refractivity contribution in [1.29, 1.82) is 0 Å². The lowest BCUT2D eigenvalue weighted by molar-refractivity contribution is -0.121. The van der Waals surface area contributed by atoms with Gasteiger partial charge in [0, 0.05) is 17.7 Å². The van der Waals surface area contributed by atoms with Gasteiger partial charge in [-0.2, -0.15) is 0 Å². The summed E-state index contributed by atoms with van der Waals surface area (Å²) in [6.45, 7) is 6.07. The molecular weight excluding hydrogens is 322 g/mol. The van der Waals surface area contributed by atoms with Gasteiger partial charge in [0.2, 0.25) is 5.91 Å². The van der Waals surface area contributed by atoms with E-state index in [1.807, 2.05) is 38.1 Å². The van der Waals surface area contributed by atoms with E-state index in [2.05, 4.69) is 15.3 Å². The summed E-state index contributed by atoms with van der Waals surface area (Å²) in [6.07, 6.45) is 0.428. The van der Waals surface area contributed by atoms with Gasteiger partial charge in [0.15, 0.2) is 0 Å². The van der Waals surface area contributed by atoms with Crippen molar-refractivity contribution in [2.75, 3.05) is 6.61 Å². The lowest BCUT2D eigenvalue weighted by atomic mass is 10.1. The smallest absolute Gasteiger partial charge is 0.325 e. The van der Waals surface area contributed by atoms with E-state index in [0.717, 1.165) is 11.3 Å². The third-order valence-corrected chi connectivity index (χ3v) is 3.93. The van der Waals surface area contributed by atoms with Crippen LogP contribution in [0.2, 0.25) is 0 Å². The van der Waals surface area contributed by atoms with Gasteiger partial charge < -0.3 is 15.0 Å². The first-order valence-corrected chi connectivity index (χ1v) is 8.25. The van der Waals surface area contributed by atoms with Crippen molar-refractivity contribution < 1.29 is 9.53 Å². The molecule has 0 aliphatic rings. The highest BCUT2D eigenvalue weighted by Crippen LogP contribution is 2.17. The summed E-state index contributed by atoms with van der Waals surface area (Å²) in [5, 5.41) is 2.90. The SMILES string of the molecule is CCOc1ccc([C@@H](C)NC(=O)CCc2c(C)[nH]c(=O)[nH]c2=O)cc1. The Morgan fingerprint density at radius 2 is 1.88 bits per heavy atom. The number of H-pyrrole nitrogens is 2. The summed E-state index contributed by atoms with van der Waals surface area (Å²) in [6, 6.07) is 7.40. The highest BCUT2D eigenvalue weighted by Gasteiger charge is 2.12. The standard InChI is InChI=1S/C18H23N3O4/c1-4-25-14-7-5-13(6-8-14)11(2)19-16(22)10-9-15-12(3)20-18(24)21-17(15)23/h5-8,11H,4,9-10H2,1-3H3,(H,19,22)(H2,20,21,23,24)/t11-/m1/s1. The van der Waals surface area contributed by atoms with Crippen molar-refractivity contribution in [1.82, 2.24) is 15.3 Å². The van der Waals surface area contributed by atoms with E-state index in [9.17, 15) is 14.4 Å². The first kappa shape index (κ1) is 18.5. The van der Waals surface area contributed by atoms with Crippen LogP contribution < -0.4 is 21.3 Å². The van der Waals surface area contributed by atoms with Gasteiger partial charge in [-0.25, -0.2) is 4.79 Å². The highest BCUT2D eigenvalue weighted by atomic mass is 16.5. The molecule has 1 atom stereocenters. The molecule has 0 aliphatic carbocycles. The Morgan fingerprint density at radius 3 is 2.48 bits per heavy atom. The van der Waals surface area contributed by atoms with Crippen molar-refractivity contribution in [2.24, 2.45) is 0 Å². The number of nitrogens with one attached hydrogen (secondary N) is 3. The number of aromatic nitrogens is 2. The molecule has 0 saturated heterocycles. The summed E-state index contributed by atoms with van der Waals surface area (Å²) in [5.74, 6) is 0.629. The Morgan fingerprint density at radius 1 is 1.20 bits per heavy atom. The van der Waals surface area contributed by atoms with Gasteiger partial charge in [-0.1, -0.05) is 12.1 Å². The van der Waals surface area contributed by atoms with Gasteiger partial charge >= 0.3 is 5.69 Å². The van der Waals surface area contributed by atoms with Crippen LogP contribution in [0.4, 0.5) is 0 Å². The fraction of sp³-hybridized carbons (Fsp3) is 0.389. The van der Waals surface area contributed by atoms with Crippen molar-refractivity contribution in [3.63, 3.8) is 0 Å². The number of aryl methyl sites for hydroxylation is 1. The molecule has 25 heavy (non-hydrogen) atoms. The maximum Gasteiger partial charge on any atom is 0.325 e. The maximum absolute atomic E-state index is 12.1. The van der Waals surface area contributed by atoms with E-state index < -0.39 is 11.2 Å². The van der Waals surface area contributed by atoms with Crippen molar-refractivity contribution >= 4 is 5.91 Å². The van der Waals surface area contributed by atoms with Crippen LogP contribution in [0.1, 0.15) is 43.1 Å². The van der Waals surface area contributed by atoms with E-state index in [-0.39, 0.29) is 24.8 Å². The first-order valence-electron chi connectivity index (χ1n) is 8.25. The second kappa shape index (κ2) is 8.32. The molecule has 7 nitrogen and oxygen atoms in total. The van der Waals surface area contributed by atoms with Crippen LogP contribution in [0.15, 0.2) is 33.9 Å². The molecule has 1 aromatic heterocycles. The van der Waals surface area contributed by atoms with Gasteiger partial charge in [0.05, 0.1) is 12.6 Å². The minimum absolute atomic E-state index is 0.155. The molecule has 1 heterocycles. The topological polar surface area (TPSA) is 104 Å². The van der Waals surface area contributed by atoms with Gasteiger partial charge in [0.25, 0.3) is 5.56 Å². The van der Waals surface area contributed by atoms with Gasteiger partial charge in [-0.05, 0) is 44.9 Å². The molecule has 134 valence electrons. The molecule has 1 aromatic carbocycles. The first-order chi connectivity index (χ1) is 11.9. The van der Waals surface area contributed by atoms with Crippen molar-refractivity contribution in [2.45, 2.75) is 39.7 Å². The van der Waals surface area contributed by atoms with Crippen LogP contribution in [0, 0.1) is 6.92 Å². The summed E-state index contributed by atoms with van der Waals surface area (Å²) in [7, 11) is 0.